The van der Waals surface area contributed by atoms with E-state index in [0.29, 0.717) is 0 Å². The number of hydrogen-bond donors (Lipinski definition) is 1. The molecule has 0 spiro atoms. The second kappa shape index (κ2) is 6.34. The molecule has 0 bridgehead atoms. The van der Waals surface area contributed by atoms with Gasteiger partial charge in [-0.05, 0) is 68.3 Å². The number of hydrogen-bond acceptors (Lipinski definition) is 3. The van der Waals surface area contributed by atoms with E-state index in [2.05, 4.69) is 51.2 Å². The predicted octanol–water partition coefficient (Wildman–Crippen LogP) is 6.63. The van der Waals surface area contributed by atoms with Crippen molar-refractivity contribution < 1.29 is 9.13 Å². The molecule has 136 valence electrons. The number of ether oxygens (including phenoxy) is 1. The maximum Gasteiger partial charge on any atom is 0.171 e. The highest BCUT2D eigenvalue weighted by Gasteiger charge is 2.33. The molecular weight excluding hydrogens is 345 g/mol. The Morgan fingerprint density at radius 1 is 1.19 bits per heavy atom. The largest absolute Gasteiger partial charge is 0.474 e. The Hall–Kier alpha value is -1.94. The Morgan fingerprint density at radius 2 is 2.00 bits per heavy atom. The molecule has 26 heavy (non-hydrogen) atoms. The Kier molecular flexibility index (Phi) is 4.26. The van der Waals surface area contributed by atoms with Crippen molar-refractivity contribution >= 4 is 23.0 Å². The fraction of sp³-hybridized carbons (Fsp3) is 0.364. The molecule has 1 N–H and O–H groups in total. The molecular formula is C22H24FNOS. The van der Waals surface area contributed by atoms with Crippen molar-refractivity contribution in [1.82, 2.24) is 0 Å². The average molecular weight is 370 g/mol. The predicted molar refractivity (Wildman–Crippen MR) is 109 cm³/mol. The second-order valence-corrected chi connectivity index (χ2v) is 8.75. The molecule has 0 aliphatic carbocycles. The lowest BCUT2D eigenvalue weighted by atomic mass is 9.84. The van der Waals surface area contributed by atoms with Crippen LogP contribution in [0.25, 0.3) is 16.7 Å². The summed E-state index contributed by atoms with van der Waals surface area (Å²) in [6, 6.07) is 9.03. The first-order chi connectivity index (χ1) is 12.4. The Bertz CT molecular complexity index is 903. The van der Waals surface area contributed by atoms with Gasteiger partial charge in [-0.2, -0.15) is 0 Å². The number of anilines is 1. The van der Waals surface area contributed by atoms with Gasteiger partial charge >= 0.3 is 0 Å². The minimum atomic E-state index is -0.234. The van der Waals surface area contributed by atoms with E-state index in [9.17, 15) is 4.39 Å². The van der Waals surface area contributed by atoms with Gasteiger partial charge in [-0.25, -0.2) is 4.39 Å². The molecule has 2 aliphatic rings. The van der Waals surface area contributed by atoms with E-state index in [0.717, 1.165) is 40.3 Å². The normalized spacial score (nSPS) is 19.4. The number of thioether (sulfide) groups is 1. The van der Waals surface area contributed by atoms with Crippen molar-refractivity contribution in [3.05, 3.63) is 53.4 Å². The maximum atomic E-state index is 13.9. The van der Waals surface area contributed by atoms with E-state index in [1.807, 2.05) is 11.8 Å². The SMILES string of the molecule is CCCSC1Oc2ccc(F)cc2-c2ccc3c(c21)C(C)=CC(C)(C)N3. The molecule has 1 atom stereocenters. The lowest BCUT2D eigenvalue weighted by Gasteiger charge is -2.37. The summed E-state index contributed by atoms with van der Waals surface area (Å²) in [5.41, 5.74) is 6.48. The van der Waals surface area contributed by atoms with Gasteiger partial charge in [-0.1, -0.05) is 19.1 Å². The zero-order valence-electron chi connectivity index (χ0n) is 15.7. The van der Waals surface area contributed by atoms with Gasteiger partial charge in [0.2, 0.25) is 0 Å². The quantitative estimate of drug-likeness (QED) is 0.656. The van der Waals surface area contributed by atoms with Crippen LogP contribution >= 0.6 is 11.8 Å². The molecule has 4 rings (SSSR count). The summed E-state index contributed by atoms with van der Waals surface area (Å²) in [5.74, 6) is 1.55. The highest BCUT2D eigenvalue weighted by molar-refractivity contribution is 7.99. The summed E-state index contributed by atoms with van der Waals surface area (Å²) in [7, 11) is 0. The van der Waals surface area contributed by atoms with Gasteiger partial charge in [0.05, 0.1) is 5.54 Å². The van der Waals surface area contributed by atoms with Gasteiger partial charge in [-0.3, -0.25) is 0 Å². The minimum Gasteiger partial charge on any atom is -0.474 e. The number of fused-ring (bicyclic) bond motifs is 5. The Balaban J connectivity index is 1.95. The number of rotatable bonds is 3. The molecule has 2 aliphatic heterocycles. The van der Waals surface area contributed by atoms with E-state index in [-0.39, 0.29) is 16.8 Å². The third-order valence-corrected chi connectivity index (χ3v) is 6.13. The molecule has 0 aromatic heterocycles. The molecule has 2 aromatic carbocycles. The van der Waals surface area contributed by atoms with E-state index >= 15 is 0 Å². The van der Waals surface area contributed by atoms with E-state index < -0.39 is 0 Å². The molecule has 0 saturated carbocycles. The third-order valence-electron chi connectivity index (χ3n) is 4.85. The molecule has 0 saturated heterocycles. The standard InChI is InChI=1S/C22H24FNOS/c1-5-10-26-21-20-15(16-11-14(23)6-9-18(16)25-21)7-8-17-19(20)13(2)12-22(3,4)24-17/h6-9,11-12,21,24H,5,10H2,1-4H3. The van der Waals surface area contributed by atoms with Crippen LogP contribution in [0.3, 0.4) is 0 Å². The maximum absolute atomic E-state index is 13.9. The summed E-state index contributed by atoms with van der Waals surface area (Å²) >= 11 is 1.81. The van der Waals surface area contributed by atoms with Crippen molar-refractivity contribution in [1.29, 1.82) is 0 Å². The van der Waals surface area contributed by atoms with Gasteiger partial charge in [0.1, 0.15) is 11.6 Å². The summed E-state index contributed by atoms with van der Waals surface area (Å²) in [4.78, 5) is 0. The monoisotopic (exact) mass is 369 g/mol. The van der Waals surface area contributed by atoms with Crippen LogP contribution in [-0.4, -0.2) is 11.3 Å². The number of benzene rings is 2. The Morgan fingerprint density at radius 3 is 2.77 bits per heavy atom. The van der Waals surface area contributed by atoms with E-state index in [1.165, 1.54) is 17.2 Å². The second-order valence-electron chi connectivity index (χ2n) is 7.58. The van der Waals surface area contributed by atoms with Gasteiger partial charge in [-0.15, -0.1) is 11.8 Å². The van der Waals surface area contributed by atoms with Crippen LogP contribution in [0.15, 0.2) is 36.4 Å². The van der Waals surface area contributed by atoms with Gasteiger partial charge in [0, 0.05) is 22.4 Å². The fourth-order valence-electron chi connectivity index (χ4n) is 3.96. The topological polar surface area (TPSA) is 21.3 Å². The first kappa shape index (κ1) is 17.5. The van der Waals surface area contributed by atoms with Gasteiger partial charge < -0.3 is 10.1 Å². The van der Waals surface area contributed by atoms with E-state index in [4.69, 9.17) is 4.74 Å². The molecule has 2 nitrogen and oxygen atoms in total. The highest BCUT2D eigenvalue weighted by atomic mass is 32.2. The van der Waals surface area contributed by atoms with Crippen LogP contribution in [0, 0.1) is 5.82 Å². The summed E-state index contributed by atoms with van der Waals surface area (Å²) in [6.07, 6.45) is 3.35. The fourth-order valence-corrected chi connectivity index (χ4v) is 4.99. The smallest absolute Gasteiger partial charge is 0.171 e. The summed E-state index contributed by atoms with van der Waals surface area (Å²) in [5, 5.41) is 3.61. The molecule has 0 radical (unpaired) electrons. The van der Waals surface area contributed by atoms with Crippen molar-refractivity contribution in [2.45, 2.75) is 45.1 Å². The number of allylic oxidation sites excluding steroid dienone is 1. The van der Waals surface area contributed by atoms with Gasteiger partial charge in [0.25, 0.3) is 0 Å². The van der Waals surface area contributed by atoms with Crippen LogP contribution in [0.4, 0.5) is 10.1 Å². The number of halogens is 1. The molecule has 2 heterocycles. The third kappa shape index (κ3) is 2.90. The first-order valence-electron chi connectivity index (χ1n) is 9.13. The molecule has 4 heteroatoms. The lowest BCUT2D eigenvalue weighted by molar-refractivity contribution is 0.290. The average Bonchev–Trinajstić information content (AvgIpc) is 2.58. The first-order valence-corrected chi connectivity index (χ1v) is 10.2. The highest BCUT2D eigenvalue weighted by Crippen LogP contribution is 2.52. The molecule has 1 unspecified atom stereocenters. The van der Waals surface area contributed by atoms with Crippen LogP contribution in [-0.2, 0) is 0 Å². The molecule has 0 amide bonds. The number of nitrogens with one attached hydrogen (secondary N) is 1. The van der Waals surface area contributed by atoms with Crippen molar-refractivity contribution in [3.8, 4) is 16.9 Å². The van der Waals surface area contributed by atoms with Crippen molar-refractivity contribution in [2.24, 2.45) is 0 Å². The van der Waals surface area contributed by atoms with Crippen molar-refractivity contribution in [3.63, 3.8) is 0 Å². The minimum absolute atomic E-state index is 0.0794. The van der Waals surface area contributed by atoms with Crippen LogP contribution in [0.5, 0.6) is 5.75 Å². The zero-order chi connectivity index (χ0) is 18.5. The van der Waals surface area contributed by atoms with E-state index in [1.54, 1.807) is 12.1 Å². The van der Waals surface area contributed by atoms with Crippen LogP contribution < -0.4 is 10.1 Å². The summed E-state index contributed by atoms with van der Waals surface area (Å²) < 4.78 is 20.2. The van der Waals surface area contributed by atoms with Gasteiger partial charge in [0.15, 0.2) is 5.44 Å². The lowest BCUT2D eigenvalue weighted by Crippen LogP contribution is -2.32. The van der Waals surface area contributed by atoms with Crippen LogP contribution in [0.1, 0.15) is 50.7 Å². The summed E-state index contributed by atoms with van der Waals surface area (Å²) in [6.45, 7) is 8.67. The molecule has 2 aromatic rings. The van der Waals surface area contributed by atoms with Crippen molar-refractivity contribution in [2.75, 3.05) is 11.1 Å². The Labute approximate surface area is 158 Å². The molecule has 0 fully saturated rings. The van der Waals surface area contributed by atoms with Crippen LogP contribution in [0.2, 0.25) is 0 Å². The zero-order valence-corrected chi connectivity index (χ0v) is 16.5.